The van der Waals surface area contributed by atoms with E-state index in [1.165, 1.54) is 12.8 Å². The molecule has 0 saturated carbocycles. The van der Waals surface area contributed by atoms with Crippen molar-refractivity contribution in [2.24, 2.45) is 0 Å². The maximum absolute atomic E-state index is 14.2. The third-order valence-electron chi connectivity index (χ3n) is 18.2. The number of Topliss-reactive ketones (excluding diaryl/α,β-unsaturated/α-hetero) is 6. The van der Waals surface area contributed by atoms with Crippen LogP contribution in [0.15, 0.2) is 103 Å². The highest BCUT2D eigenvalue weighted by Crippen LogP contribution is 2.37. The molecule has 11 rings (SSSR count). The summed E-state index contributed by atoms with van der Waals surface area (Å²) >= 11 is 0. The first-order valence-electron chi connectivity index (χ1n) is 29.1. The number of likely N-dealkylation sites (tertiary alicyclic amines) is 2. The van der Waals surface area contributed by atoms with Gasteiger partial charge in [0.25, 0.3) is 0 Å². The predicted molar refractivity (Wildman–Crippen MR) is 323 cm³/mol. The van der Waals surface area contributed by atoms with Crippen LogP contribution >= 0.6 is 0 Å². The number of hydrogen-bond acceptors (Lipinski definition) is 9. The van der Waals surface area contributed by atoms with E-state index in [0.717, 1.165) is 143 Å². The topological polar surface area (TPSA) is 127 Å². The third kappa shape index (κ3) is 10.3. The zero-order valence-electron chi connectivity index (χ0n) is 47.6. The molecule has 6 aromatic carbocycles. The van der Waals surface area contributed by atoms with Crippen LogP contribution in [0.3, 0.4) is 0 Å². The number of nitrogens with zero attached hydrogens (tertiary/aromatic N) is 6. The van der Waals surface area contributed by atoms with Crippen LogP contribution in [0, 0.1) is 6.92 Å². The molecule has 5 heterocycles. The molecule has 12 nitrogen and oxygen atoms in total. The first-order valence-corrected chi connectivity index (χ1v) is 29.1. The van der Waals surface area contributed by atoms with E-state index >= 15 is 0 Å². The van der Waals surface area contributed by atoms with Crippen molar-refractivity contribution in [1.29, 1.82) is 0 Å². The summed E-state index contributed by atoms with van der Waals surface area (Å²) in [6.45, 7) is 16.7. The lowest BCUT2D eigenvalue weighted by atomic mass is 9.96. The Labute approximate surface area is 468 Å². The summed E-state index contributed by atoms with van der Waals surface area (Å²) in [5, 5.41) is 5.50. The van der Waals surface area contributed by atoms with Crippen molar-refractivity contribution in [1.82, 2.24) is 28.4 Å². The monoisotopic (exact) mass is 1070 g/mol. The summed E-state index contributed by atoms with van der Waals surface area (Å²) in [7, 11) is 4.36. The Morgan fingerprint density at radius 2 is 0.875 bits per heavy atom. The van der Waals surface area contributed by atoms with Crippen LogP contribution in [0.2, 0.25) is 0 Å². The Balaban J connectivity index is 0.839. The summed E-state index contributed by atoms with van der Waals surface area (Å²) < 4.78 is 6.93. The molecule has 0 spiro atoms. The molecule has 2 aliphatic heterocycles. The second kappa shape index (κ2) is 22.6. The van der Waals surface area contributed by atoms with Crippen molar-refractivity contribution < 1.29 is 28.8 Å². The highest BCUT2D eigenvalue weighted by Gasteiger charge is 2.27. The number of fused-ring (bicyclic) bond motifs is 9. The zero-order valence-corrected chi connectivity index (χ0v) is 47.6. The zero-order chi connectivity index (χ0) is 56.1. The van der Waals surface area contributed by atoms with E-state index in [0.29, 0.717) is 45.5 Å². The normalized spacial score (nSPS) is 16.2. The van der Waals surface area contributed by atoms with Gasteiger partial charge in [-0.05, 0) is 202 Å². The summed E-state index contributed by atoms with van der Waals surface area (Å²) in [5.41, 5.74) is 10.3. The number of benzene rings is 6. The molecule has 0 bridgehead atoms. The van der Waals surface area contributed by atoms with E-state index in [9.17, 15) is 28.8 Å². The van der Waals surface area contributed by atoms with Crippen LogP contribution in [-0.2, 0) is 19.6 Å². The molecule has 3 aromatic heterocycles. The van der Waals surface area contributed by atoms with E-state index in [1.54, 1.807) is 13.8 Å². The first-order chi connectivity index (χ1) is 38.6. The highest BCUT2D eigenvalue weighted by atomic mass is 16.1. The number of ketones is 6. The fourth-order valence-corrected chi connectivity index (χ4v) is 13.4. The molecular formula is C68H74N6O6. The second-order valence-corrected chi connectivity index (χ2v) is 22.9. The molecular weight excluding hydrogens is 997 g/mol. The highest BCUT2D eigenvalue weighted by molar-refractivity contribution is 6.17. The van der Waals surface area contributed by atoms with Crippen LogP contribution in [0.25, 0.3) is 65.4 Å². The van der Waals surface area contributed by atoms with Gasteiger partial charge < -0.3 is 28.4 Å². The molecule has 2 atom stereocenters. The lowest BCUT2D eigenvalue weighted by Crippen LogP contribution is -2.29. The van der Waals surface area contributed by atoms with Gasteiger partial charge in [0, 0.05) is 163 Å². The molecule has 0 N–H and O–H groups in total. The minimum atomic E-state index is -0.141. The number of aromatic nitrogens is 3. The Bertz CT molecular complexity index is 3980. The van der Waals surface area contributed by atoms with Gasteiger partial charge in [-0.1, -0.05) is 13.8 Å². The fraction of sp³-hybridized carbons (Fsp3) is 0.382. The molecule has 2 unspecified atom stereocenters. The Kier molecular flexibility index (Phi) is 15.4. The van der Waals surface area contributed by atoms with E-state index in [1.807, 2.05) is 110 Å². The smallest absolute Gasteiger partial charge is 0.163 e. The quantitative estimate of drug-likeness (QED) is 0.0610. The lowest BCUT2D eigenvalue weighted by molar-refractivity contribution is 0.0917. The molecule has 2 fully saturated rings. The predicted octanol–water partition coefficient (Wildman–Crippen LogP) is 13.3. The van der Waals surface area contributed by atoms with Gasteiger partial charge in [-0.15, -0.1) is 0 Å². The van der Waals surface area contributed by atoms with Gasteiger partial charge in [-0.3, -0.25) is 28.8 Å². The van der Waals surface area contributed by atoms with Crippen molar-refractivity contribution in [2.45, 2.75) is 124 Å². The fourth-order valence-electron chi connectivity index (χ4n) is 13.4. The van der Waals surface area contributed by atoms with Gasteiger partial charge in [0.05, 0.1) is 0 Å². The minimum Gasteiger partial charge on any atom is -0.340 e. The Morgan fingerprint density at radius 3 is 1.31 bits per heavy atom. The molecule has 0 amide bonds. The van der Waals surface area contributed by atoms with Gasteiger partial charge in [0.2, 0.25) is 0 Å². The van der Waals surface area contributed by atoms with Crippen LogP contribution in [0.4, 0.5) is 0 Å². The number of carbonyl (C=O) groups is 6. The Hall–Kier alpha value is -7.38. The van der Waals surface area contributed by atoms with Crippen molar-refractivity contribution in [3.8, 4) is 0 Å². The standard InChI is InChI=1S/C68H74N6O6/c1-8-71(9-2)34-35-73-62-24-18-49(40-57(62)68-42(3)52(44(5)76)19-25-63(68)73)67(80)29-28-66(79)48-17-23-61-56(39-48)55-38-47(16-22-60(55)74(61)41-51-13-11-32-70(51)7)65(78)27-26-64(77)46-15-21-59-54(37-46)53-36-45(43(4)75)14-20-58(53)72(59)33-30-50-12-10-31-69(50)6/h14-25,36-40,50-51H,8-13,26-35,41H2,1-7H3. The summed E-state index contributed by atoms with van der Waals surface area (Å²) in [5.74, 6) is -0.541. The van der Waals surface area contributed by atoms with E-state index in [4.69, 9.17) is 0 Å². The van der Waals surface area contributed by atoms with Crippen molar-refractivity contribution >= 4 is 100 Å². The van der Waals surface area contributed by atoms with Crippen molar-refractivity contribution in [3.05, 3.63) is 142 Å². The van der Waals surface area contributed by atoms with Gasteiger partial charge >= 0.3 is 0 Å². The minimum absolute atomic E-state index is 0.00267. The van der Waals surface area contributed by atoms with E-state index in [-0.39, 0.29) is 60.4 Å². The maximum Gasteiger partial charge on any atom is 0.163 e. The van der Waals surface area contributed by atoms with Crippen LogP contribution < -0.4 is 0 Å². The number of likely N-dealkylation sites (N-methyl/N-ethyl adjacent to an activating group) is 2. The molecule has 2 aliphatic rings. The van der Waals surface area contributed by atoms with Crippen LogP contribution in [0.1, 0.15) is 153 Å². The van der Waals surface area contributed by atoms with E-state index < -0.39 is 0 Å². The second-order valence-electron chi connectivity index (χ2n) is 22.9. The van der Waals surface area contributed by atoms with Crippen LogP contribution in [0.5, 0.6) is 0 Å². The van der Waals surface area contributed by atoms with Gasteiger partial charge in [-0.25, -0.2) is 0 Å². The largest absolute Gasteiger partial charge is 0.340 e. The van der Waals surface area contributed by atoms with Crippen LogP contribution in [-0.4, -0.2) is 122 Å². The molecule has 0 aliphatic carbocycles. The molecule has 412 valence electrons. The summed E-state index contributed by atoms with van der Waals surface area (Å²) in [6.07, 6.45) is 5.72. The number of carbonyl (C=O) groups excluding carboxylic acids is 6. The summed E-state index contributed by atoms with van der Waals surface area (Å²) in [6, 6.07) is 33.9. The van der Waals surface area contributed by atoms with E-state index in [2.05, 4.69) is 56.3 Å². The number of rotatable bonds is 22. The molecule has 12 heteroatoms. The SMILES string of the molecule is CCN(CC)CCn1c2ccc(C(=O)CCC(=O)c3ccc4c(c3)c3cc(C(=O)CCC(=O)c5ccc6c(c5)c5cc(C(C)=O)ccc5n6CCC5CCCN5C)ccc3n4CC3CCCN3C)cc2c2c(C)c(C(C)=O)ccc21. The molecule has 9 aromatic rings. The summed E-state index contributed by atoms with van der Waals surface area (Å²) in [4.78, 5) is 89.0. The average Bonchev–Trinajstić information content (AvgIpc) is 4.39. The molecule has 2 saturated heterocycles. The van der Waals surface area contributed by atoms with Gasteiger partial charge in [0.1, 0.15) is 0 Å². The first kappa shape index (κ1) is 54.6. The molecule has 0 radical (unpaired) electrons. The van der Waals surface area contributed by atoms with Gasteiger partial charge in [-0.2, -0.15) is 0 Å². The van der Waals surface area contributed by atoms with Crippen molar-refractivity contribution in [2.75, 3.05) is 46.8 Å². The Morgan fingerprint density at radius 1 is 0.475 bits per heavy atom. The molecule has 80 heavy (non-hydrogen) atoms. The third-order valence-corrected chi connectivity index (χ3v) is 18.2. The van der Waals surface area contributed by atoms with Gasteiger partial charge in [0.15, 0.2) is 34.7 Å². The maximum atomic E-state index is 14.2. The lowest BCUT2D eigenvalue weighted by Gasteiger charge is -2.21. The number of hydrogen-bond donors (Lipinski definition) is 0. The van der Waals surface area contributed by atoms with Crippen molar-refractivity contribution in [3.63, 3.8) is 0 Å². The number of aryl methyl sites for hydroxylation is 2. The average molecular weight is 1070 g/mol.